The summed E-state index contributed by atoms with van der Waals surface area (Å²) in [5.41, 5.74) is -2.76. The molecule has 4 heterocycles. The number of nitrogens with zero attached hydrogens (tertiary/aromatic N) is 6. The molecule has 2 aromatic heterocycles. The van der Waals surface area contributed by atoms with E-state index >= 15 is 0 Å². The zero-order valence-electron chi connectivity index (χ0n) is 19.8. The van der Waals surface area contributed by atoms with Gasteiger partial charge in [-0.15, -0.1) is 0 Å². The Morgan fingerprint density at radius 3 is 2.39 bits per heavy atom. The number of carboxylic acid groups (broad SMARTS) is 1. The highest BCUT2D eigenvalue weighted by Crippen LogP contribution is 2.48. The Hall–Kier alpha value is -3.99. The summed E-state index contributed by atoms with van der Waals surface area (Å²) in [6, 6.07) is 5.44. The van der Waals surface area contributed by atoms with Crippen LogP contribution in [0.15, 0.2) is 30.6 Å². The number of ether oxygens (including phenoxy) is 1. The lowest BCUT2D eigenvalue weighted by Crippen LogP contribution is -2.55. The quantitative estimate of drug-likeness (QED) is 0.568. The standard InChI is InChI=1S/C24H21F3N6O4S/c25-24(26,27)17-10-15(13-29-18(17)11-28)32-20(34)23(6-1-7-23)33(21(32)38)14-2-3-19(30-12-14)37-16-4-8-31(9-5-16)22(35)36/h2-3,10,12-13,16H,1,4-9H2,(H,35,36). The number of hydrogen-bond acceptors (Lipinski definition) is 7. The highest BCUT2D eigenvalue weighted by molar-refractivity contribution is 7.81. The molecule has 2 saturated heterocycles. The number of anilines is 2. The maximum absolute atomic E-state index is 13.6. The summed E-state index contributed by atoms with van der Waals surface area (Å²) in [6.07, 6.45) is -0.767. The lowest BCUT2D eigenvalue weighted by molar-refractivity contribution is -0.138. The van der Waals surface area contributed by atoms with Crippen LogP contribution in [0, 0.1) is 11.3 Å². The maximum atomic E-state index is 13.6. The Balaban J connectivity index is 1.39. The molecule has 0 unspecified atom stereocenters. The van der Waals surface area contributed by atoms with Crippen LogP contribution < -0.4 is 14.5 Å². The van der Waals surface area contributed by atoms with E-state index in [0.29, 0.717) is 50.3 Å². The fourth-order valence-corrected chi connectivity index (χ4v) is 5.47. The number of rotatable bonds is 4. The van der Waals surface area contributed by atoms with Crippen LogP contribution in [0.3, 0.4) is 0 Å². The third-order valence-corrected chi connectivity index (χ3v) is 7.48. The first kappa shape index (κ1) is 25.7. The van der Waals surface area contributed by atoms with Gasteiger partial charge >= 0.3 is 12.3 Å². The first-order chi connectivity index (χ1) is 18.0. The van der Waals surface area contributed by atoms with Gasteiger partial charge in [-0.3, -0.25) is 9.69 Å². The van der Waals surface area contributed by atoms with Gasteiger partial charge in [-0.2, -0.15) is 18.4 Å². The van der Waals surface area contributed by atoms with E-state index in [4.69, 9.17) is 27.3 Å². The molecule has 0 radical (unpaired) electrons. The Morgan fingerprint density at radius 1 is 1.18 bits per heavy atom. The minimum atomic E-state index is -4.84. The number of amides is 2. The van der Waals surface area contributed by atoms with Gasteiger partial charge in [0.1, 0.15) is 17.7 Å². The van der Waals surface area contributed by atoms with Gasteiger partial charge in [-0.1, -0.05) is 0 Å². The fourth-order valence-electron chi connectivity index (χ4n) is 5.00. The summed E-state index contributed by atoms with van der Waals surface area (Å²) in [6.45, 7) is 0.724. The van der Waals surface area contributed by atoms with Crippen LogP contribution in [0.2, 0.25) is 0 Å². The second kappa shape index (κ2) is 9.39. The fraction of sp³-hybridized carbons (Fsp3) is 0.417. The van der Waals surface area contributed by atoms with Crippen molar-refractivity contribution in [2.45, 2.75) is 49.9 Å². The molecule has 1 spiro atoms. The molecule has 1 aliphatic carbocycles. The summed E-state index contributed by atoms with van der Waals surface area (Å²) in [4.78, 5) is 36.6. The average Bonchev–Trinajstić information content (AvgIpc) is 3.10. The summed E-state index contributed by atoms with van der Waals surface area (Å²) in [5, 5.41) is 18.1. The van der Waals surface area contributed by atoms with Crippen LogP contribution in [-0.2, 0) is 11.0 Å². The third kappa shape index (κ3) is 4.26. The highest BCUT2D eigenvalue weighted by Gasteiger charge is 2.60. The molecule has 1 N–H and O–H groups in total. The largest absolute Gasteiger partial charge is 0.474 e. The van der Waals surface area contributed by atoms with Crippen LogP contribution in [-0.4, -0.2) is 61.8 Å². The smallest absolute Gasteiger partial charge is 0.419 e. The second-order valence-electron chi connectivity index (χ2n) is 9.28. The minimum Gasteiger partial charge on any atom is -0.474 e. The van der Waals surface area contributed by atoms with Crippen LogP contribution in [0.4, 0.5) is 29.3 Å². The molecule has 3 aliphatic rings. The van der Waals surface area contributed by atoms with Crippen molar-refractivity contribution in [3.8, 4) is 11.9 Å². The molecular formula is C24H21F3N6O4S. The molecule has 198 valence electrons. The van der Waals surface area contributed by atoms with Crippen molar-refractivity contribution in [1.82, 2.24) is 14.9 Å². The lowest BCUT2D eigenvalue weighted by atomic mass is 9.75. The van der Waals surface area contributed by atoms with E-state index in [1.807, 2.05) is 0 Å². The zero-order valence-corrected chi connectivity index (χ0v) is 20.6. The van der Waals surface area contributed by atoms with Crippen molar-refractivity contribution < 1.29 is 32.6 Å². The van der Waals surface area contributed by atoms with Crippen LogP contribution in [0.5, 0.6) is 5.88 Å². The SMILES string of the molecule is N#Cc1ncc(N2C(=O)C3(CCC3)N(c3ccc(OC4CCN(C(=O)O)CC4)nc3)C2=S)cc1C(F)(F)F. The van der Waals surface area contributed by atoms with Gasteiger partial charge in [0.2, 0.25) is 5.88 Å². The molecule has 0 atom stereocenters. The Labute approximate surface area is 220 Å². The number of alkyl halides is 3. The summed E-state index contributed by atoms with van der Waals surface area (Å²) < 4.78 is 46.5. The van der Waals surface area contributed by atoms with Crippen molar-refractivity contribution >= 4 is 40.7 Å². The maximum Gasteiger partial charge on any atom is 0.419 e. The number of likely N-dealkylation sites (tertiary alicyclic amines) is 1. The van der Waals surface area contributed by atoms with E-state index < -0.39 is 35.0 Å². The van der Waals surface area contributed by atoms with Crippen molar-refractivity contribution in [2.24, 2.45) is 0 Å². The van der Waals surface area contributed by atoms with Gasteiger partial charge in [0, 0.05) is 32.0 Å². The normalized spacial score (nSPS) is 19.5. The van der Waals surface area contributed by atoms with Crippen molar-refractivity contribution in [2.75, 3.05) is 22.9 Å². The lowest BCUT2D eigenvalue weighted by Gasteiger charge is -2.42. The molecule has 2 amide bonds. The van der Waals surface area contributed by atoms with Crippen molar-refractivity contribution in [3.63, 3.8) is 0 Å². The van der Waals surface area contributed by atoms with Gasteiger partial charge in [0.05, 0.1) is 29.3 Å². The number of carbonyl (C=O) groups is 2. The third-order valence-electron chi connectivity index (χ3n) is 7.11. The topological polar surface area (TPSA) is 123 Å². The number of hydrogen-bond donors (Lipinski definition) is 1. The molecule has 0 aromatic carbocycles. The summed E-state index contributed by atoms with van der Waals surface area (Å²) in [7, 11) is 0. The summed E-state index contributed by atoms with van der Waals surface area (Å²) in [5.74, 6) is -0.136. The van der Waals surface area contributed by atoms with E-state index in [1.165, 1.54) is 17.2 Å². The molecule has 1 saturated carbocycles. The average molecular weight is 547 g/mol. The van der Waals surface area contributed by atoms with Crippen molar-refractivity contribution in [1.29, 1.82) is 5.26 Å². The number of carbonyl (C=O) groups excluding carboxylic acids is 1. The van der Waals surface area contributed by atoms with Gasteiger partial charge < -0.3 is 19.6 Å². The second-order valence-corrected chi connectivity index (χ2v) is 9.65. The molecule has 0 bridgehead atoms. The molecule has 2 aromatic rings. The van der Waals surface area contributed by atoms with Crippen LogP contribution in [0.1, 0.15) is 43.4 Å². The number of halogens is 3. The van der Waals surface area contributed by atoms with Gasteiger partial charge in [0.15, 0.2) is 10.8 Å². The van der Waals surface area contributed by atoms with Crippen LogP contribution in [0.25, 0.3) is 0 Å². The molecule has 5 rings (SSSR count). The van der Waals surface area contributed by atoms with Crippen molar-refractivity contribution in [3.05, 3.63) is 41.9 Å². The van der Waals surface area contributed by atoms with E-state index in [0.717, 1.165) is 23.6 Å². The van der Waals surface area contributed by atoms with E-state index in [2.05, 4.69) is 9.97 Å². The molecule has 10 nitrogen and oxygen atoms in total. The number of thiocarbonyl (C=S) groups is 1. The van der Waals surface area contributed by atoms with Gasteiger partial charge in [0.25, 0.3) is 5.91 Å². The first-order valence-electron chi connectivity index (χ1n) is 11.8. The van der Waals surface area contributed by atoms with E-state index in [9.17, 15) is 22.8 Å². The highest BCUT2D eigenvalue weighted by atomic mass is 32.1. The number of pyridine rings is 2. The number of nitriles is 1. The van der Waals surface area contributed by atoms with Gasteiger partial charge in [-0.25, -0.2) is 14.8 Å². The predicted molar refractivity (Wildman–Crippen MR) is 131 cm³/mol. The Kier molecular flexibility index (Phi) is 6.34. The zero-order chi connectivity index (χ0) is 27.2. The minimum absolute atomic E-state index is 0.00848. The van der Waals surface area contributed by atoms with E-state index in [1.54, 1.807) is 17.0 Å². The molecule has 14 heteroatoms. The van der Waals surface area contributed by atoms with E-state index in [-0.39, 0.29) is 16.9 Å². The first-order valence-corrected chi connectivity index (χ1v) is 12.2. The molecule has 2 aliphatic heterocycles. The summed E-state index contributed by atoms with van der Waals surface area (Å²) >= 11 is 5.59. The number of aromatic nitrogens is 2. The Morgan fingerprint density at radius 2 is 1.87 bits per heavy atom. The monoisotopic (exact) mass is 546 g/mol. The van der Waals surface area contributed by atoms with Gasteiger partial charge in [-0.05, 0) is 43.6 Å². The predicted octanol–water partition coefficient (Wildman–Crippen LogP) is 3.95. The molecule has 38 heavy (non-hydrogen) atoms. The van der Waals surface area contributed by atoms with Crippen LogP contribution >= 0.6 is 12.2 Å². The molecule has 3 fully saturated rings. The molecular weight excluding hydrogens is 525 g/mol. The number of piperidine rings is 1. The Bertz CT molecular complexity index is 1330.